The van der Waals surface area contributed by atoms with Gasteiger partial charge >= 0.3 is 6.03 Å². The monoisotopic (exact) mass is 360 g/mol. The van der Waals surface area contributed by atoms with Crippen LogP contribution in [-0.4, -0.2) is 43.5 Å². The minimum absolute atomic E-state index is 0.0226. The predicted molar refractivity (Wildman–Crippen MR) is 93.3 cm³/mol. The number of nitrogens with two attached hydrogens (primary N) is 1. The van der Waals surface area contributed by atoms with Crippen LogP contribution in [0.15, 0.2) is 43.1 Å². The molecule has 1 aromatic rings. The lowest BCUT2D eigenvalue weighted by Gasteiger charge is -2.29. The zero-order valence-electron chi connectivity index (χ0n) is 14.8. The van der Waals surface area contributed by atoms with Gasteiger partial charge in [-0.15, -0.1) is 6.58 Å². The summed E-state index contributed by atoms with van der Waals surface area (Å²) in [5.74, 6) is -1.16. The lowest BCUT2D eigenvalue weighted by atomic mass is 10.0. The highest BCUT2D eigenvalue weighted by molar-refractivity contribution is 6.17. The Hall–Kier alpha value is -3.13. The first-order valence-corrected chi connectivity index (χ1v) is 7.92. The van der Waals surface area contributed by atoms with E-state index in [0.29, 0.717) is 23.7 Å². The highest BCUT2D eigenvalue weighted by Crippen LogP contribution is 2.22. The third-order valence-electron chi connectivity index (χ3n) is 3.94. The number of benzene rings is 1. The number of quaternary nitrogens is 1. The fraction of sp³-hybridized carbons (Fsp3) is 0.278. The van der Waals surface area contributed by atoms with Crippen LogP contribution in [0, 0.1) is 5.92 Å². The average Bonchev–Trinajstić information content (AvgIpc) is 2.62. The number of carbonyl (C=O) groups excluding carboxylic acids is 3. The summed E-state index contributed by atoms with van der Waals surface area (Å²) in [6.07, 6.45) is 1.42. The maximum atomic E-state index is 12.5. The summed E-state index contributed by atoms with van der Waals surface area (Å²) in [4.78, 5) is 37.2. The number of nitrogens with one attached hydrogen (secondary N) is 1. The summed E-state index contributed by atoms with van der Waals surface area (Å²) < 4.78 is 10.4. The molecule has 0 unspecified atom stereocenters. The van der Waals surface area contributed by atoms with Gasteiger partial charge in [-0.25, -0.2) is 4.79 Å². The molecule has 26 heavy (non-hydrogen) atoms. The maximum Gasteiger partial charge on any atom is 0.331 e. The number of amides is 4. The van der Waals surface area contributed by atoms with Gasteiger partial charge in [0.1, 0.15) is 23.7 Å². The number of urea groups is 1. The number of barbiturate groups is 1. The number of carbonyl (C=O) groups is 3. The van der Waals surface area contributed by atoms with E-state index in [1.807, 2.05) is 12.1 Å². The molecular weight excluding hydrogens is 338 g/mol. The highest BCUT2D eigenvalue weighted by Gasteiger charge is 2.43. The van der Waals surface area contributed by atoms with Crippen LogP contribution in [0.5, 0.6) is 11.5 Å². The van der Waals surface area contributed by atoms with Crippen molar-refractivity contribution in [2.45, 2.75) is 6.54 Å². The van der Waals surface area contributed by atoms with Crippen molar-refractivity contribution in [3.63, 3.8) is 0 Å². The molecule has 0 aliphatic carbocycles. The second-order valence-corrected chi connectivity index (χ2v) is 5.67. The predicted octanol–water partition coefficient (Wildman–Crippen LogP) is 0.162. The molecule has 138 valence electrons. The molecule has 0 radical (unpaired) electrons. The van der Waals surface area contributed by atoms with Crippen molar-refractivity contribution in [2.24, 2.45) is 5.92 Å². The molecule has 8 heteroatoms. The van der Waals surface area contributed by atoms with Gasteiger partial charge in [0.15, 0.2) is 5.92 Å². The molecule has 0 aromatic heterocycles. The molecular formula is C18H22N3O5+. The Kier molecular flexibility index (Phi) is 6.13. The average molecular weight is 360 g/mol. The smallest absolute Gasteiger partial charge is 0.331 e. The Morgan fingerprint density at radius 2 is 1.85 bits per heavy atom. The fourth-order valence-electron chi connectivity index (χ4n) is 2.59. The summed E-state index contributed by atoms with van der Waals surface area (Å²) in [5.41, 5.74) is 1.18. The summed E-state index contributed by atoms with van der Waals surface area (Å²) in [5, 5.41) is 3.85. The first kappa shape index (κ1) is 19.2. The van der Waals surface area contributed by atoms with Crippen LogP contribution in [-0.2, 0) is 16.1 Å². The van der Waals surface area contributed by atoms with Crippen molar-refractivity contribution in [3.05, 3.63) is 48.7 Å². The number of methoxy groups -OCH3 is 2. The van der Waals surface area contributed by atoms with E-state index in [1.165, 1.54) is 6.08 Å². The van der Waals surface area contributed by atoms with Crippen molar-refractivity contribution >= 4 is 17.8 Å². The molecule has 0 spiro atoms. The third kappa shape index (κ3) is 4.09. The number of nitrogens with zero attached hydrogens (tertiary/aromatic N) is 1. The zero-order valence-corrected chi connectivity index (χ0v) is 14.8. The lowest BCUT2D eigenvalue weighted by molar-refractivity contribution is -0.626. The largest absolute Gasteiger partial charge is 0.497 e. The molecule has 1 aliphatic heterocycles. The van der Waals surface area contributed by atoms with Gasteiger partial charge in [0, 0.05) is 18.2 Å². The Labute approximate surface area is 151 Å². The Balaban J connectivity index is 2.11. The number of rotatable bonds is 8. The molecule has 2 rings (SSSR count). The summed E-state index contributed by atoms with van der Waals surface area (Å²) in [6, 6.07) is 4.64. The molecule has 1 fully saturated rings. The topological polar surface area (TPSA) is 102 Å². The molecule has 1 saturated heterocycles. The molecule has 0 bridgehead atoms. The minimum Gasteiger partial charge on any atom is -0.497 e. The van der Waals surface area contributed by atoms with E-state index in [1.54, 1.807) is 25.6 Å². The molecule has 1 aliphatic rings. The van der Waals surface area contributed by atoms with E-state index in [-0.39, 0.29) is 6.54 Å². The van der Waals surface area contributed by atoms with Gasteiger partial charge in [0.2, 0.25) is 0 Å². The summed E-state index contributed by atoms with van der Waals surface area (Å²) in [6.45, 7) is 7.78. The van der Waals surface area contributed by atoms with Crippen LogP contribution < -0.4 is 20.1 Å². The summed E-state index contributed by atoms with van der Waals surface area (Å²) in [7, 11) is 3.11. The maximum absolute atomic E-state index is 12.5. The molecule has 1 atom stereocenters. The van der Waals surface area contributed by atoms with E-state index < -0.39 is 23.8 Å². The number of imide groups is 2. The number of hydrogen-bond acceptors (Lipinski definition) is 5. The van der Waals surface area contributed by atoms with E-state index in [4.69, 9.17) is 9.47 Å². The van der Waals surface area contributed by atoms with E-state index >= 15 is 0 Å². The van der Waals surface area contributed by atoms with Crippen LogP contribution in [0.25, 0.3) is 0 Å². The van der Waals surface area contributed by atoms with Gasteiger partial charge in [-0.1, -0.05) is 6.08 Å². The van der Waals surface area contributed by atoms with Crippen molar-refractivity contribution < 1.29 is 29.2 Å². The number of ether oxygens (including phenoxy) is 2. The van der Waals surface area contributed by atoms with Crippen molar-refractivity contribution in [1.29, 1.82) is 0 Å². The van der Waals surface area contributed by atoms with E-state index in [9.17, 15) is 14.4 Å². The first-order valence-electron chi connectivity index (χ1n) is 7.92. The summed E-state index contributed by atoms with van der Waals surface area (Å²) >= 11 is 0. The fourth-order valence-corrected chi connectivity index (χ4v) is 2.59. The van der Waals surface area contributed by atoms with Gasteiger partial charge in [-0.2, -0.15) is 0 Å². The zero-order chi connectivity index (χ0) is 19.3. The highest BCUT2D eigenvalue weighted by atomic mass is 16.5. The van der Waals surface area contributed by atoms with Crippen LogP contribution in [0.2, 0.25) is 0 Å². The Bertz CT molecular complexity index is 737. The van der Waals surface area contributed by atoms with Gasteiger partial charge in [0.05, 0.1) is 14.2 Å². The molecule has 3 N–H and O–H groups in total. The van der Waals surface area contributed by atoms with Gasteiger partial charge in [-0.3, -0.25) is 19.8 Å². The normalized spacial score (nSPS) is 16.9. The van der Waals surface area contributed by atoms with Crippen LogP contribution in [0.1, 0.15) is 5.56 Å². The lowest BCUT2D eigenvalue weighted by Crippen LogP contribution is -2.83. The van der Waals surface area contributed by atoms with Crippen molar-refractivity contribution in [2.75, 3.05) is 20.8 Å². The number of hydrogen-bond donors (Lipinski definition) is 2. The second-order valence-electron chi connectivity index (χ2n) is 5.67. The quantitative estimate of drug-likeness (QED) is 0.508. The second kappa shape index (κ2) is 8.30. The van der Waals surface area contributed by atoms with Crippen LogP contribution in [0.4, 0.5) is 4.79 Å². The SMILES string of the molecule is C=CCN1C(=O)NC(=O)[C@H](C(=C)[NH2+]Cc2cc(OC)cc(OC)c2)C1=O. The molecule has 4 amide bonds. The first-order chi connectivity index (χ1) is 12.4. The van der Waals surface area contributed by atoms with Crippen molar-refractivity contribution in [1.82, 2.24) is 10.2 Å². The molecule has 8 nitrogen and oxygen atoms in total. The molecule has 1 heterocycles. The van der Waals surface area contributed by atoms with Gasteiger partial charge in [-0.05, 0) is 18.7 Å². The molecule has 1 aromatic carbocycles. The van der Waals surface area contributed by atoms with Gasteiger partial charge < -0.3 is 14.8 Å². The van der Waals surface area contributed by atoms with Crippen LogP contribution in [0.3, 0.4) is 0 Å². The molecule has 0 saturated carbocycles. The minimum atomic E-state index is -1.14. The van der Waals surface area contributed by atoms with Crippen LogP contribution >= 0.6 is 0 Å². The Morgan fingerprint density at radius 1 is 1.23 bits per heavy atom. The van der Waals surface area contributed by atoms with E-state index in [2.05, 4.69) is 18.5 Å². The Morgan fingerprint density at radius 3 is 2.38 bits per heavy atom. The van der Waals surface area contributed by atoms with E-state index in [0.717, 1.165) is 10.5 Å². The van der Waals surface area contributed by atoms with Crippen molar-refractivity contribution in [3.8, 4) is 11.5 Å². The van der Waals surface area contributed by atoms with Gasteiger partial charge in [0.25, 0.3) is 11.8 Å². The standard InChI is InChI=1S/C18H21N3O5/c1-5-6-21-17(23)15(16(22)20-18(21)24)11(2)19-10-12-7-13(25-3)9-14(8-12)26-4/h5,7-9,15,19H,1-2,6,10H2,3-4H3,(H,20,22,24)/p+1/t15-/m0/s1. The third-order valence-corrected chi connectivity index (χ3v) is 3.94.